The van der Waals surface area contributed by atoms with Crippen LogP contribution in [0.5, 0.6) is 23.0 Å². The van der Waals surface area contributed by atoms with Crippen LogP contribution in [0.1, 0.15) is 27.0 Å². The van der Waals surface area contributed by atoms with Gasteiger partial charge in [-0.15, -0.1) is 0 Å². The normalized spacial score (nSPS) is 11.2. The highest BCUT2D eigenvalue weighted by Crippen LogP contribution is 2.38. The average Bonchev–Trinajstić information content (AvgIpc) is 2.97. The molecule has 0 radical (unpaired) electrons. The van der Waals surface area contributed by atoms with Crippen molar-refractivity contribution in [1.29, 1.82) is 0 Å². The maximum absolute atomic E-state index is 12.8. The molecule has 0 aliphatic carbocycles. The molecule has 4 aromatic rings. The van der Waals surface area contributed by atoms with Crippen LogP contribution in [0.4, 0.5) is 0 Å². The highest BCUT2D eigenvalue weighted by atomic mass is 79.9. The molecule has 11 heteroatoms. The molecule has 0 saturated carbocycles. The minimum Gasteiger partial charge on any atom is -0.493 e. The van der Waals surface area contributed by atoms with E-state index in [0.29, 0.717) is 33.7 Å². The van der Waals surface area contributed by atoms with E-state index < -0.39 is 16.0 Å². The third-order valence-electron chi connectivity index (χ3n) is 5.80. The predicted molar refractivity (Wildman–Crippen MR) is 159 cm³/mol. The Labute approximate surface area is 247 Å². The number of hydrazone groups is 1. The Hall–Kier alpha value is -4.35. The van der Waals surface area contributed by atoms with Crippen molar-refractivity contribution < 1.29 is 31.6 Å². The van der Waals surface area contributed by atoms with E-state index in [2.05, 4.69) is 26.5 Å². The van der Waals surface area contributed by atoms with E-state index in [0.717, 1.165) is 11.1 Å². The van der Waals surface area contributed by atoms with Gasteiger partial charge < -0.3 is 18.4 Å². The third-order valence-corrected chi connectivity index (χ3v) is 7.62. The largest absolute Gasteiger partial charge is 0.493 e. The molecule has 0 aromatic heterocycles. The van der Waals surface area contributed by atoms with Gasteiger partial charge in [0.05, 0.1) is 24.9 Å². The van der Waals surface area contributed by atoms with Crippen molar-refractivity contribution in [2.75, 3.05) is 14.2 Å². The predicted octanol–water partition coefficient (Wildman–Crippen LogP) is 5.89. The first-order valence-corrected chi connectivity index (χ1v) is 14.5. The van der Waals surface area contributed by atoms with Crippen molar-refractivity contribution in [2.45, 2.75) is 18.4 Å². The number of methoxy groups -OCH3 is 2. The van der Waals surface area contributed by atoms with Gasteiger partial charge in [0.2, 0.25) is 0 Å². The van der Waals surface area contributed by atoms with Crippen molar-refractivity contribution in [2.24, 2.45) is 5.10 Å². The summed E-state index contributed by atoms with van der Waals surface area (Å²) in [5.74, 6) is 0.571. The lowest BCUT2D eigenvalue weighted by atomic mass is 10.2. The lowest BCUT2D eigenvalue weighted by Gasteiger charge is -2.13. The fourth-order valence-electron chi connectivity index (χ4n) is 3.65. The Morgan fingerprint density at radius 3 is 2.29 bits per heavy atom. The van der Waals surface area contributed by atoms with Gasteiger partial charge in [0, 0.05) is 5.56 Å². The second-order valence-electron chi connectivity index (χ2n) is 8.72. The molecule has 4 rings (SSSR count). The molecule has 1 N–H and O–H groups in total. The fraction of sp³-hybridized carbons (Fsp3) is 0.133. The van der Waals surface area contributed by atoms with Crippen LogP contribution in [0.15, 0.2) is 99.4 Å². The number of hydrogen-bond acceptors (Lipinski definition) is 8. The molecular formula is C30H27BrN2O7S. The molecule has 0 aliphatic heterocycles. The second kappa shape index (κ2) is 13.3. The number of halogens is 1. The van der Waals surface area contributed by atoms with E-state index in [1.165, 1.54) is 38.6 Å². The fourth-order valence-corrected chi connectivity index (χ4v) is 5.26. The van der Waals surface area contributed by atoms with Crippen LogP contribution in [0.25, 0.3) is 0 Å². The highest BCUT2D eigenvalue weighted by Gasteiger charge is 2.22. The van der Waals surface area contributed by atoms with E-state index in [1.807, 2.05) is 37.3 Å². The number of nitrogens with zero attached hydrogens (tertiary/aromatic N) is 1. The smallest absolute Gasteiger partial charge is 0.339 e. The molecule has 0 atom stereocenters. The first-order chi connectivity index (χ1) is 19.7. The number of carbonyl (C=O) groups excluding carboxylic acids is 1. The molecule has 1 amide bonds. The van der Waals surface area contributed by atoms with Gasteiger partial charge in [0.25, 0.3) is 5.91 Å². The van der Waals surface area contributed by atoms with Gasteiger partial charge in [-0.05, 0) is 76.4 Å². The molecule has 0 aliphatic rings. The van der Waals surface area contributed by atoms with E-state index in [9.17, 15) is 13.2 Å². The number of benzene rings is 4. The van der Waals surface area contributed by atoms with Crippen molar-refractivity contribution in [3.05, 3.63) is 112 Å². The van der Waals surface area contributed by atoms with E-state index >= 15 is 0 Å². The maximum atomic E-state index is 12.8. The monoisotopic (exact) mass is 638 g/mol. The number of ether oxygens (including phenoxy) is 3. The van der Waals surface area contributed by atoms with Crippen molar-refractivity contribution >= 4 is 38.2 Å². The topological polar surface area (TPSA) is 113 Å². The Bertz CT molecular complexity index is 1660. The van der Waals surface area contributed by atoms with Crippen LogP contribution in [0.3, 0.4) is 0 Å². The van der Waals surface area contributed by atoms with Crippen molar-refractivity contribution in [3.63, 3.8) is 0 Å². The van der Waals surface area contributed by atoms with Crippen LogP contribution in [-0.4, -0.2) is 34.8 Å². The number of nitrogens with one attached hydrogen (secondary N) is 1. The molecule has 0 saturated heterocycles. The Balaban J connectivity index is 1.44. The zero-order chi connectivity index (χ0) is 29.4. The van der Waals surface area contributed by atoms with Gasteiger partial charge in [0.15, 0.2) is 23.0 Å². The number of aryl methyl sites for hydroxylation is 1. The average molecular weight is 640 g/mol. The number of carbonyl (C=O) groups is 1. The van der Waals surface area contributed by atoms with Crippen LogP contribution in [0.2, 0.25) is 0 Å². The van der Waals surface area contributed by atoms with Crippen molar-refractivity contribution in [1.82, 2.24) is 5.43 Å². The van der Waals surface area contributed by atoms with Gasteiger partial charge in [0.1, 0.15) is 11.5 Å². The lowest BCUT2D eigenvalue weighted by Crippen LogP contribution is -2.17. The van der Waals surface area contributed by atoms with Crippen molar-refractivity contribution in [3.8, 4) is 23.0 Å². The SMILES string of the molecule is COc1cc(C(=O)N/N=C/c2cc(Br)c(OS(=O)(=O)c3ccc(C)cc3)c(OC)c2)ccc1OCc1ccccc1. The zero-order valence-corrected chi connectivity index (χ0v) is 24.9. The minimum atomic E-state index is -4.10. The summed E-state index contributed by atoms with van der Waals surface area (Å²) in [4.78, 5) is 12.7. The summed E-state index contributed by atoms with van der Waals surface area (Å²) in [6.45, 7) is 2.21. The summed E-state index contributed by atoms with van der Waals surface area (Å²) in [6, 6.07) is 23.9. The molecule has 41 heavy (non-hydrogen) atoms. The van der Waals surface area contributed by atoms with E-state index in [-0.39, 0.29) is 16.4 Å². The van der Waals surface area contributed by atoms with Gasteiger partial charge in [-0.3, -0.25) is 4.79 Å². The van der Waals surface area contributed by atoms with Crippen LogP contribution in [-0.2, 0) is 16.7 Å². The van der Waals surface area contributed by atoms with Gasteiger partial charge in [-0.1, -0.05) is 48.0 Å². The van der Waals surface area contributed by atoms with Gasteiger partial charge in [-0.2, -0.15) is 13.5 Å². The van der Waals surface area contributed by atoms with E-state index in [1.54, 1.807) is 36.4 Å². The molecule has 0 fully saturated rings. The summed E-state index contributed by atoms with van der Waals surface area (Å²) >= 11 is 3.34. The van der Waals surface area contributed by atoms with Crippen LogP contribution >= 0.6 is 15.9 Å². The first kappa shape index (κ1) is 29.6. The molecule has 212 valence electrons. The second-order valence-corrected chi connectivity index (χ2v) is 11.1. The summed E-state index contributed by atoms with van der Waals surface area (Å²) < 4.78 is 47.8. The Morgan fingerprint density at radius 2 is 1.61 bits per heavy atom. The molecular weight excluding hydrogens is 612 g/mol. The quantitative estimate of drug-likeness (QED) is 0.124. The van der Waals surface area contributed by atoms with Crippen LogP contribution < -0.4 is 23.8 Å². The molecule has 0 heterocycles. The van der Waals surface area contributed by atoms with E-state index in [4.69, 9.17) is 18.4 Å². The summed E-state index contributed by atoms with van der Waals surface area (Å²) in [5, 5.41) is 4.02. The van der Waals surface area contributed by atoms with Crippen LogP contribution in [0, 0.1) is 6.92 Å². The summed E-state index contributed by atoms with van der Waals surface area (Å²) in [7, 11) is -1.22. The lowest BCUT2D eigenvalue weighted by molar-refractivity contribution is 0.0954. The molecule has 0 unspecified atom stereocenters. The third kappa shape index (κ3) is 7.65. The molecule has 9 nitrogen and oxygen atoms in total. The Kier molecular flexibility index (Phi) is 9.64. The first-order valence-electron chi connectivity index (χ1n) is 12.3. The standard InChI is InChI=1S/C30H27BrN2O7S/c1-20-9-12-24(13-10-20)41(35,36)40-29-25(31)15-22(16-28(29)38-3)18-32-33-30(34)23-11-14-26(27(17-23)37-2)39-19-21-7-5-4-6-8-21/h4-18H,19H2,1-3H3,(H,33,34)/b32-18+. The molecule has 4 aromatic carbocycles. The number of amides is 1. The summed E-state index contributed by atoms with van der Waals surface area (Å²) in [5.41, 5.74) is 5.21. The minimum absolute atomic E-state index is 0.0119. The number of rotatable bonds is 11. The van der Waals surface area contributed by atoms with Gasteiger partial charge in [-0.25, -0.2) is 5.43 Å². The summed E-state index contributed by atoms with van der Waals surface area (Å²) in [6.07, 6.45) is 1.39. The molecule has 0 spiro atoms. The highest BCUT2D eigenvalue weighted by molar-refractivity contribution is 9.10. The Morgan fingerprint density at radius 1 is 0.902 bits per heavy atom. The number of hydrogen-bond donors (Lipinski definition) is 1. The molecule has 0 bridgehead atoms. The van der Waals surface area contributed by atoms with Gasteiger partial charge >= 0.3 is 10.1 Å². The maximum Gasteiger partial charge on any atom is 0.339 e. The zero-order valence-electron chi connectivity index (χ0n) is 22.5.